The second-order valence-electron chi connectivity index (χ2n) is 14.5. The summed E-state index contributed by atoms with van der Waals surface area (Å²) in [4.78, 5) is 27.1. The van der Waals surface area contributed by atoms with Crippen LogP contribution in [0.1, 0.15) is 168 Å². The molecule has 4 atom stereocenters. The summed E-state index contributed by atoms with van der Waals surface area (Å²) in [5.74, 6) is 0.893. The molecule has 5 aliphatic rings. The van der Waals surface area contributed by atoms with Gasteiger partial charge >= 0.3 is 106 Å². The molecule has 1 aromatic rings. The molecule has 7 nitrogen and oxygen atoms in total. The average molecular weight is 1280 g/mol. The molecule has 0 aliphatic heterocycles. The van der Waals surface area contributed by atoms with E-state index in [1.807, 2.05) is 13.8 Å². The normalized spacial score (nSPS) is 20.1. The van der Waals surface area contributed by atoms with Gasteiger partial charge in [0.2, 0.25) is 0 Å². The number of ether oxygens (including phenoxy) is 1. The molecule has 6 rings (SSSR count). The van der Waals surface area contributed by atoms with Crippen LogP contribution in [0.25, 0.3) is 0 Å². The fourth-order valence-corrected chi connectivity index (χ4v) is 8.36. The zero-order valence-corrected chi connectivity index (χ0v) is 52.0. The minimum absolute atomic E-state index is 0. The van der Waals surface area contributed by atoms with Crippen LogP contribution in [-0.4, -0.2) is 75.7 Å². The van der Waals surface area contributed by atoms with Crippen molar-refractivity contribution in [3.05, 3.63) is 95.7 Å². The Morgan fingerprint density at radius 3 is 1.54 bits per heavy atom. The molecule has 0 fully saturated rings. The third kappa shape index (κ3) is 31.3. The first-order chi connectivity index (χ1) is 26.9. The second-order valence-corrected chi connectivity index (χ2v) is 30.0. The number of H-pyrrole nitrogens is 2. The van der Waals surface area contributed by atoms with Crippen LogP contribution in [0.2, 0.25) is 0 Å². The largest absolute Gasteiger partial charge is 2.00 e. The minimum atomic E-state index is -2.24. The predicted molar refractivity (Wildman–Crippen MR) is 274 cm³/mol. The fourth-order valence-electron chi connectivity index (χ4n) is 7.54. The number of aliphatic hydroxyl groups excluding tert-OH is 2. The minimum Gasteiger partial charge on any atom is -1.00 e. The molecular weight excluding hydrogens is 1200 g/mol. The monoisotopic (exact) mass is 1280 g/mol. The van der Waals surface area contributed by atoms with Crippen LogP contribution < -0.4 is 52.2 Å². The first kappa shape index (κ1) is 79.5. The molecular formula is C46H78BBr3CeCl3MgN2NaO5. The van der Waals surface area contributed by atoms with Crippen molar-refractivity contribution in [2.45, 2.75) is 185 Å². The summed E-state index contributed by atoms with van der Waals surface area (Å²) >= 11 is 4.26. The molecule has 4 unspecified atom stereocenters. The summed E-state index contributed by atoms with van der Waals surface area (Å²) in [6, 6.07) is 0. The number of Topliss-reactive ketones (excluding diaryl/α,β-unsaturated/α-hetero) is 1. The van der Waals surface area contributed by atoms with Crippen molar-refractivity contribution in [3.8, 4) is 0 Å². The van der Waals surface area contributed by atoms with Crippen LogP contribution >= 0.6 is 48.7 Å². The third-order valence-corrected chi connectivity index (χ3v) is 13.1. The maximum atomic E-state index is 11.0. The van der Waals surface area contributed by atoms with E-state index < -0.39 is 30.7 Å². The van der Waals surface area contributed by atoms with Crippen LogP contribution in [0.15, 0.2) is 77.4 Å². The van der Waals surface area contributed by atoms with Crippen LogP contribution in [0.5, 0.6) is 0 Å². The van der Waals surface area contributed by atoms with Gasteiger partial charge in [0.25, 0.3) is 0 Å². The number of carbonyl (C=O) groups excluding carboxylic acids is 1. The smallest absolute Gasteiger partial charge is 1.00 e. The van der Waals surface area contributed by atoms with Gasteiger partial charge in [-0.2, -0.15) is 6.92 Å². The predicted octanol–water partition coefficient (Wildman–Crippen LogP) is 8.65. The average Bonchev–Trinajstić information content (AvgIpc) is 4.03. The summed E-state index contributed by atoms with van der Waals surface area (Å²) < 4.78 is 7.18. The van der Waals surface area contributed by atoms with Crippen molar-refractivity contribution >= 4 is 86.0 Å². The molecule has 5 aliphatic carbocycles. The van der Waals surface area contributed by atoms with Crippen molar-refractivity contribution < 1.29 is 98.4 Å². The van der Waals surface area contributed by atoms with Gasteiger partial charge in [-0.15, -0.1) is 0 Å². The van der Waals surface area contributed by atoms with Crippen molar-refractivity contribution in [2.24, 2.45) is 5.92 Å². The third-order valence-electron chi connectivity index (χ3n) is 10.7. The fraction of sp³-hybridized carbons (Fsp3) is 0.630. The number of nitrogens with one attached hydrogen (secondary N) is 2. The van der Waals surface area contributed by atoms with Gasteiger partial charge in [0, 0.05) is 31.2 Å². The first-order valence-corrected chi connectivity index (χ1v) is 33.5. The summed E-state index contributed by atoms with van der Waals surface area (Å²) in [6.07, 6.45) is 18.0. The second kappa shape index (κ2) is 45.5. The SMILES string of the molecule is C.C.C=COC1CCC(C)=C1CC.CC1=C(Br)C(=O)CC1.CC1=C(Br)C(O)CC1.CCC1=C(C)CCC1Cc1c[nH]c(=O)[nH]1.CCC1=C(C)CCC1O.[B].[Br-].[CH2-]C.[Cl][Ce]([Cl])[Cl].[H-].[Mg+2].[Na+]. The number of hydrogen-bond donors (Lipinski definition) is 4. The van der Waals surface area contributed by atoms with E-state index in [4.69, 9.17) is 26.7 Å². The Bertz CT molecular complexity index is 1640. The number of aromatic nitrogens is 2. The molecule has 3 radical (unpaired) electrons. The topological polar surface area (TPSA) is 115 Å². The Labute approximate surface area is 474 Å². The van der Waals surface area contributed by atoms with Gasteiger partial charge in [0.05, 0.1) is 23.0 Å². The van der Waals surface area contributed by atoms with Gasteiger partial charge in [-0.1, -0.05) is 91.6 Å². The van der Waals surface area contributed by atoms with Gasteiger partial charge in [0.15, 0.2) is 5.78 Å². The van der Waals surface area contributed by atoms with E-state index in [2.05, 4.69) is 96.9 Å². The van der Waals surface area contributed by atoms with Crippen molar-refractivity contribution in [3.63, 3.8) is 0 Å². The molecule has 63 heavy (non-hydrogen) atoms. The molecule has 0 aromatic carbocycles. The van der Waals surface area contributed by atoms with E-state index in [-0.39, 0.29) is 118 Å². The number of hydrogen-bond acceptors (Lipinski definition) is 5. The van der Waals surface area contributed by atoms with E-state index in [0.29, 0.717) is 18.4 Å². The van der Waals surface area contributed by atoms with E-state index in [1.54, 1.807) is 30.5 Å². The molecule has 1 aromatic heterocycles. The Kier molecular flexibility index (Phi) is 57.4. The summed E-state index contributed by atoms with van der Waals surface area (Å²) in [5.41, 5.74) is 27.3. The number of aromatic amines is 2. The number of imidazole rings is 1. The Hall–Kier alpha value is 2.36. The molecule has 4 N–H and O–H groups in total. The molecule has 17 heteroatoms. The Balaban J connectivity index is -0.0000000980. The molecule has 354 valence electrons. The number of rotatable bonds is 7. The molecule has 0 bridgehead atoms. The summed E-state index contributed by atoms with van der Waals surface area (Å²) in [6.45, 7) is 25.7. The van der Waals surface area contributed by atoms with Crippen LogP contribution in [0.4, 0.5) is 0 Å². The van der Waals surface area contributed by atoms with Crippen LogP contribution in [-0.2, 0) is 16.0 Å². The molecule has 0 saturated carbocycles. The number of carbonyl (C=O) groups is 1. The maximum absolute atomic E-state index is 11.0. The van der Waals surface area contributed by atoms with Gasteiger partial charge in [0.1, 0.15) is 6.10 Å². The standard InChI is InChI=1S/C12H18N2O.C10H16O.C8H14O.C6H9BrO.C6H7BrO.C2H5.2CH4.B.BrH.Ce.3ClH.Mg.Na.H/c1-3-11-8(2)4-5-9(11)6-10-7-13-12(15)14-10;1-4-9-8(3)6-7-10(9)11-5-2;1-3-7-6(2)4-5-8(7)9;2*1-4-2-3-5(8)6(4)7;1-2;;;;;;;;;;;/h7,9H,3-6H2,1-2H3,(H2,13,14,15);5,10H,2,4,6-7H2,1,3H3;8-9H,3-5H2,1-2H3;5,8H,2-3H2,1H3;2-3H2,1H3;1H2,2H3;2*1H4;;1H;;3*1H;;;/q;;;;;-1;;;;;+3;;;;+2;+1;-1/p-4. The van der Waals surface area contributed by atoms with Crippen LogP contribution in [0.3, 0.4) is 0 Å². The number of aliphatic hydroxyl groups is 2. The van der Waals surface area contributed by atoms with Crippen molar-refractivity contribution in [1.82, 2.24) is 9.97 Å². The molecule has 1 heterocycles. The molecule has 0 spiro atoms. The zero-order valence-electron chi connectivity index (χ0n) is 39.4. The van der Waals surface area contributed by atoms with E-state index in [1.165, 1.54) is 52.7 Å². The number of halogens is 6. The van der Waals surface area contributed by atoms with E-state index >= 15 is 0 Å². The van der Waals surface area contributed by atoms with E-state index in [0.717, 1.165) is 78.9 Å². The molecule has 0 amide bonds. The quantitative estimate of drug-likeness (QED) is 0.0946. The Morgan fingerprint density at radius 2 is 1.24 bits per heavy atom. The van der Waals surface area contributed by atoms with Gasteiger partial charge in [-0.3, -0.25) is 4.79 Å². The Morgan fingerprint density at radius 1 is 0.794 bits per heavy atom. The van der Waals surface area contributed by atoms with Gasteiger partial charge < -0.3 is 50.2 Å². The summed E-state index contributed by atoms with van der Waals surface area (Å²) in [7, 11) is 0. The zero-order chi connectivity index (χ0) is 43.8. The molecule has 0 saturated heterocycles. The maximum Gasteiger partial charge on any atom is 2.00 e. The first-order valence-electron chi connectivity index (χ1n) is 20.1. The number of allylic oxidation sites excluding steroid dienone is 7. The van der Waals surface area contributed by atoms with Gasteiger partial charge in [-0.05, 0) is 151 Å². The van der Waals surface area contributed by atoms with Crippen molar-refractivity contribution in [2.75, 3.05) is 0 Å². The van der Waals surface area contributed by atoms with E-state index in [9.17, 15) is 14.7 Å². The van der Waals surface area contributed by atoms with Crippen LogP contribution in [0, 0.1) is 43.5 Å². The van der Waals surface area contributed by atoms with Gasteiger partial charge in [-0.25, -0.2) is 4.79 Å². The van der Waals surface area contributed by atoms with Crippen molar-refractivity contribution in [1.29, 1.82) is 0 Å². The number of ketones is 1. The summed E-state index contributed by atoms with van der Waals surface area (Å²) in [5, 5.41) is 18.4.